The van der Waals surface area contributed by atoms with Crippen LogP contribution in [0.1, 0.15) is 111 Å². The van der Waals surface area contributed by atoms with Crippen molar-refractivity contribution in [2.75, 3.05) is 0 Å². The molecular formula is C23H45N2+. The lowest BCUT2D eigenvalue weighted by atomic mass is 10.0. The van der Waals surface area contributed by atoms with Crippen LogP contribution in [0.15, 0.2) is 18.7 Å². The molecule has 0 N–H and O–H groups in total. The fourth-order valence-corrected chi connectivity index (χ4v) is 3.59. The lowest BCUT2D eigenvalue weighted by molar-refractivity contribution is -0.701. The molecule has 0 saturated carbocycles. The van der Waals surface area contributed by atoms with Crippen molar-refractivity contribution in [3.05, 3.63) is 18.7 Å². The Morgan fingerprint density at radius 2 is 1.20 bits per heavy atom. The van der Waals surface area contributed by atoms with E-state index in [1.54, 1.807) is 0 Å². The highest BCUT2D eigenvalue weighted by Gasteiger charge is 2.05. The molecule has 1 aromatic rings. The molecule has 0 fully saturated rings. The fraction of sp³-hybridized carbons (Fsp3) is 0.870. The molecule has 1 heterocycles. The van der Waals surface area contributed by atoms with Gasteiger partial charge < -0.3 is 0 Å². The van der Waals surface area contributed by atoms with Crippen molar-refractivity contribution in [3.63, 3.8) is 0 Å². The SMILES string of the molecule is CCCCCCCCCCCCCCCCn1cc[n+](CC(C)C)c1. The third kappa shape index (κ3) is 13.1. The maximum atomic E-state index is 2.35. The topological polar surface area (TPSA) is 8.81 Å². The Balaban J connectivity index is 1.82. The molecule has 0 amide bonds. The van der Waals surface area contributed by atoms with Crippen molar-refractivity contribution in [2.24, 2.45) is 5.92 Å². The largest absolute Gasteiger partial charge is 0.243 e. The fourth-order valence-electron chi connectivity index (χ4n) is 3.59. The van der Waals surface area contributed by atoms with E-state index in [0.717, 1.165) is 12.5 Å². The number of aromatic nitrogens is 2. The standard InChI is InChI=1S/C23H45N2/c1-4-5-6-7-8-9-10-11-12-13-14-15-16-17-18-24-19-20-25(22-24)21-23(2)3/h19-20,22-23H,4-18,21H2,1-3H3/q+1. The molecule has 25 heavy (non-hydrogen) atoms. The number of aryl methyl sites for hydroxylation is 1. The van der Waals surface area contributed by atoms with E-state index in [2.05, 4.69) is 48.6 Å². The van der Waals surface area contributed by atoms with Gasteiger partial charge in [-0.3, -0.25) is 0 Å². The van der Waals surface area contributed by atoms with Gasteiger partial charge in [0.15, 0.2) is 0 Å². The highest BCUT2D eigenvalue weighted by Crippen LogP contribution is 2.13. The highest BCUT2D eigenvalue weighted by atomic mass is 15.1. The summed E-state index contributed by atoms with van der Waals surface area (Å²) in [7, 11) is 0. The normalized spacial score (nSPS) is 11.5. The quantitative estimate of drug-likeness (QED) is 0.213. The summed E-state index contributed by atoms with van der Waals surface area (Å²) in [6.45, 7) is 9.16. The van der Waals surface area contributed by atoms with E-state index in [0.29, 0.717) is 0 Å². The van der Waals surface area contributed by atoms with Crippen LogP contribution in [-0.2, 0) is 13.1 Å². The molecule has 146 valence electrons. The Bertz CT molecular complexity index is 395. The summed E-state index contributed by atoms with van der Waals surface area (Å²) < 4.78 is 4.66. The smallest absolute Gasteiger partial charge is 0.237 e. The molecule has 0 aliphatic rings. The van der Waals surface area contributed by atoms with Gasteiger partial charge in [0.25, 0.3) is 0 Å². The van der Waals surface area contributed by atoms with Crippen molar-refractivity contribution in [1.82, 2.24) is 4.57 Å². The molecule has 0 atom stereocenters. The van der Waals surface area contributed by atoms with E-state index in [4.69, 9.17) is 0 Å². The summed E-state index contributed by atoms with van der Waals surface area (Å²) in [6.07, 6.45) is 26.8. The number of imidazole rings is 1. The maximum absolute atomic E-state index is 2.35. The van der Waals surface area contributed by atoms with Crippen LogP contribution in [0.2, 0.25) is 0 Å². The van der Waals surface area contributed by atoms with Gasteiger partial charge in [-0.25, -0.2) is 9.13 Å². The zero-order valence-electron chi connectivity index (χ0n) is 17.5. The molecule has 0 radical (unpaired) electrons. The lowest BCUT2D eigenvalue weighted by Crippen LogP contribution is -2.33. The van der Waals surface area contributed by atoms with Crippen LogP contribution in [0, 0.1) is 5.92 Å². The van der Waals surface area contributed by atoms with Gasteiger partial charge >= 0.3 is 0 Å². The van der Waals surface area contributed by atoms with Crippen LogP contribution in [0.4, 0.5) is 0 Å². The van der Waals surface area contributed by atoms with Gasteiger partial charge in [0.05, 0.1) is 13.1 Å². The first-order valence-corrected chi connectivity index (χ1v) is 11.3. The molecule has 1 rings (SSSR count). The van der Waals surface area contributed by atoms with Crippen molar-refractivity contribution in [1.29, 1.82) is 0 Å². The van der Waals surface area contributed by atoms with Crippen LogP contribution in [0.5, 0.6) is 0 Å². The molecule has 0 bridgehead atoms. The van der Waals surface area contributed by atoms with Gasteiger partial charge in [0, 0.05) is 0 Å². The zero-order chi connectivity index (χ0) is 18.2. The first-order valence-electron chi connectivity index (χ1n) is 11.3. The van der Waals surface area contributed by atoms with Gasteiger partial charge in [-0.2, -0.15) is 0 Å². The summed E-state index contributed by atoms with van der Waals surface area (Å²) in [4.78, 5) is 0. The summed E-state index contributed by atoms with van der Waals surface area (Å²) in [5, 5.41) is 0. The third-order valence-electron chi connectivity index (χ3n) is 5.09. The minimum Gasteiger partial charge on any atom is -0.237 e. The minimum absolute atomic E-state index is 0.724. The van der Waals surface area contributed by atoms with E-state index in [-0.39, 0.29) is 0 Å². The monoisotopic (exact) mass is 349 g/mol. The lowest BCUT2D eigenvalue weighted by Gasteiger charge is -2.03. The molecule has 0 aliphatic heterocycles. The van der Waals surface area contributed by atoms with Gasteiger partial charge in [-0.15, -0.1) is 0 Å². The predicted octanol–water partition coefficient (Wildman–Crippen LogP) is 6.91. The van der Waals surface area contributed by atoms with Crippen LogP contribution in [0.3, 0.4) is 0 Å². The number of rotatable bonds is 17. The molecule has 0 unspecified atom stereocenters. The van der Waals surface area contributed by atoms with Crippen LogP contribution < -0.4 is 4.57 Å². The van der Waals surface area contributed by atoms with E-state index in [1.165, 1.54) is 96.4 Å². The number of unbranched alkanes of at least 4 members (excludes halogenated alkanes) is 13. The Kier molecular flexibility index (Phi) is 13.8. The Hall–Kier alpha value is -0.790. The van der Waals surface area contributed by atoms with Crippen LogP contribution in [0.25, 0.3) is 0 Å². The molecule has 0 aromatic carbocycles. The van der Waals surface area contributed by atoms with Crippen LogP contribution >= 0.6 is 0 Å². The summed E-state index contributed by atoms with van der Waals surface area (Å²) in [5.74, 6) is 0.724. The Morgan fingerprint density at radius 3 is 1.68 bits per heavy atom. The first-order chi connectivity index (χ1) is 12.2. The second-order valence-corrected chi connectivity index (χ2v) is 8.34. The second kappa shape index (κ2) is 15.5. The Morgan fingerprint density at radius 1 is 0.720 bits per heavy atom. The molecule has 0 aliphatic carbocycles. The van der Waals surface area contributed by atoms with Gasteiger partial charge in [0.1, 0.15) is 12.4 Å². The van der Waals surface area contributed by atoms with Gasteiger partial charge in [-0.1, -0.05) is 97.8 Å². The second-order valence-electron chi connectivity index (χ2n) is 8.34. The molecule has 1 aromatic heterocycles. The van der Waals surface area contributed by atoms with Crippen molar-refractivity contribution in [2.45, 2.75) is 124 Å². The Labute approximate surface area is 158 Å². The molecule has 2 nitrogen and oxygen atoms in total. The van der Waals surface area contributed by atoms with Crippen molar-refractivity contribution >= 4 is 0 Å². The van der Waals surface area contributed by atoms with Crippen LogP contribution in [-0.4, -0.2) is 4.57 Å². The van der Waals surface area contributed by atoms with E-state index >= 15 is 0 Å². The summed E-state index contributed by atoms with van der Waals surface area (Å²) >= 11 is 0. The molecule has 0 saturated heterocycles. The number of nitrogens with zero attached hydrogens (tertiary/aromatic N) is 2. The van der Waals surface area contributed by atoms with Gasteiger partial charge in [0.2, 0.25) is 6.33 Å². The van der Waals surface area contributed by atoms with E-state index in [9.17, 15) is 0 Å². The average molecular weight is 350 g/mol. The minimum atomic E-state index is 0.724. The van der Waals surface area contributed by atoms with E-state index in [1.807, 2.05) is 0 Å². The van der Waals surface area contributed by atoms with Gasteiger partial charge in [-0.05, 0) is 18.8 Å². The maximum Gasteiger partial charge on any atom is 0.243 e. The van der Waals surface area contributed by atoms with Crippen molar-refractivity contribution in [3.8, 4) is 0 Å². The summed E-state index contributed by atoms with van der Waals surface area (Å²) in [6, 6.07) is 0. The average Bonchev–Trinajstić information content (AvgIpc) is 3.01. The number of hydrogen-bond donors (Lipinski definition) is 0. The predicted molar refractivity (Wildman–Crippen MR) is 110 cm³/mol. The van der Waals surface area contributed by atoms with Crippen molar-refractivity contribution < 1.29 is 4.57 Å². The summed E-state index contributed by atoms with van der Waals surface area (Å²) in [5.41, 5.74) is 0. The zero-order valence-corrected chi connectivity index (χ0v) is 17.5. The highest BCUT2D eigenvalue weighted by molar-refractivity contribution is 4.66. The molecular weight excluding hydrogens is 304 g/mol. The number of hydrogen-bond acceptors (Lipinski definition) is 0. The third-order valence-corrected chi connectivity index (χ3v) is 5.09. The first kappa shape index (κ1) is 22.3. The molecule has 0 spiro atoms. The van der Waals surface area contributed by atoms with E-state index < -0.39 is 0 Å². The molecule has 2 heteroatoms.